The van der Waals surface area contributed by atoms with Crippen molar-refractivity contribution in [1.82, 2.24) is 4.90 Å². The topological polar surface area (TPSA) is 29.5 Å². The fraction of sp³-hybridized carbons (Fsp3) is 0.500. The molecule has 0 aromatic heterocycles. The van der Waals surface area contributed by atoms with Gasteiger partial charge in [0.15, 0.2) is 0 Å². The van der Waals surface area contributed by atoms with Crippen molar-refractivity contribution in [1.29, 1.82) is 0 Å². The molecule has 2 rings (SSSR count). The molecule has 1 aromatic carbocycles. The molecule has 0 radical (unpaired) electrons. The van der Waals surface area contributed by atoms with Crippen molar-refractivity contribution in [2.75, 3.05) is 20.2 Å². The summed E-state index contributed by atoms with van der Waals surface area (Å²) in [6, 6.07) is 6.60. The maximum Gasteiger partial charge on any atom is 0.322 e. The summed E-state index contributed by atoms with van der Waals surface area (Å²) in [5.74, 6) is -0.224. The van der Waals surface area contributed by atoms with E-state index in [1.54, 1.807) is 6.07 Å². The molecule has 1 aliphatic heterocycles. The predicted octanol–water partition coefficient (Wildman–Crippen LogP) is 2.18. The molecule has 0 saturated carbocycles. The number of nitrogens with zero attached hydrogens (tertiary/aromatic N) is 1. The first kappa shape index (κ1) is 13.0. The van der Waals surface area contributed by atoms with Crippen LogP contribution >= 0.6 is 0 Å². The molecule has 0 N–H and O–H groups in total. The molecule has 2 unspecified atom stereocenters. The molecule has 1 fully saturated rings. The van der Waals surface area contributed by atoms with Gasteiger partial charge in [-0.25, -0.2) is 4.39 Å². The van der Waals surface area contributed by atoms with E-state index in [9.17, 15) is 9.18 Å². The van der Waals surface area contributed by atoms with Gasteiger partial charge in [-0.2, -0.15) is 0 Å². The minimum absolute atomic E-state index is 0.157. The maximum atomic E-state index is 13.7. The number of hydrogen-bond acceptors (Lipinski definition) is 3. The predicted molar refractivity (Wildman–Crippen MR) is 66.8 cm³/mol. The van der Waals surface area contributed by atoms with Gasteiger partial charge in [0.25, 0.3) is 0 Å². The lowest BCUT2D eigenvalue weighted by molar-refractivity contribution is -0.145. The average Bonchev–Trinajstić information content (AvgIpc) is 2.87. The molecule has 0 bridgehead atoms. The summed E-state index contributed by atoms with van der Waals surface area (Å²) in [6.07, 6.45) is 0.877. The van der Waals surface area contributed by atoms with Gasteiger partial charge in [-0.05, 0) is 31.5 Å². The molecule has 98 valence electrons. The summed E-state index contributed by atoms with van der Waals surface area (Å²) < 4.78 is 18.4. The highest BCUT2D eigenvalue weighted by atomic mass is 19.1. The summed E-state index contributed by atoms with van der Waals surface area (Å²) in [6.45, 7) is 3.34. The Morgan fingerprint density at radius 1 is 1.50 bits per heavy atom. The van der Waals surface area contributed by atoms with Crippen LogP contribution in [0.1, 0.15) is 24.8 Å². The second kappa shape index (κ2) is 5.48. The number of hydrogen-bond donors (Lipinski definition) is 0. The lowest BCUT2D eigenvalue weighted by Crippen LogP contribution is -2.37. The van der Waals surface area contributed by atoms with Crippen molar-refractivity contribution in [2.24, 2.45) is 0 Å². The van der Waals surface area contributed by atoms with Crippen molar-refractivity contribution in [2.45, 2.75) is 25.3 Å². The van der Waals surface area contributed by atoms with Gasteiger partial charge in [0.2, 0.25) is 0 Å². The molecule has 18 heavy (non-hydrogen) atoms. The van der Waals surface area contributed by atoms with Gasteiger partial charge < -0.3 is 4.74 Å². The summed E-state index contributed by atoms with van der Waals surface area (Å²) in [4.78, 5) is 13.5. The summed E-state index contributed by atoms with van der Waals surface area (Å²) in [5, 5.41) is 0. The molecule has 1 aliphatic rings. The SMILES string of the molecule is COC(=O)C(C)N1CCC(c2ccccc2F)C1. The van der Waals surface area contributed by atoms with Crippen molar-refractivity contribution in [3.8, 4) is 0 Å². The Morgan fingerprint density at radius 2 is 2.22 bits per heavy atom. The highest BCUT2D eigenvalue weighted by molar-refractivity contribution is 5.75. The van der Waals surface area contributed by atoms with E-state index >= 15 is 0 Å². The van der Waals surface area contributed by atoms with E-state index in [4.69, 9.17) is 4.74 Å². The number of likely N-dealkylation sites (tertiary alicyclic amines) is 1. The van der Waals surface area contributed by atoms with Crippen molar-refractivity contribution in [3.05, 3.63) is 35.6 Å². The number of carbonyl (C=O) groups is 1. The first-order valence-electron chi connectivity index (χ1n) is 6.19. The number of halogens is 1. The van der Waals surface area contributed by atoms with Gasteiger partial charge in [0, 0.05) is 12.5 Å². The molecule has 0 amide bonds. The number of esters is 1. The third-order valence-electron chi connectivity index (χ3n) is 3.65. The lowest BCUT2D eigenvalue weighted by Gasteiger charge is -2.22. The van der Waals surface area contributed by atoms with Crippen LogP contribution in [-0.2, 0) is 9.53 Å². The quantitative estimate of drug-likeness (QED) is 0.771. The fourth-order valence-electron chi connectivity index (χ4n) is 2.52. The van der Waals surface area contributed by atoms with Crippen LogP contribution in [-0.4, -0.2) is 37.1 Å². The van der Waals surface area contributed by atoms with E-state index in [1.165, 1.54) is 13.2 Å². The zero-order valence-electron chi connectivity index (χ0n) is 10.7. The molecule has 0 aliphatic carbocycles. The Balaban J connectivity index is 2.05. The second-order valence-electron chi connectivity index (χ2n) is 4.70. The Kier molecular flexibility index (Phi) is 3.97. The molecular formula is C14H18FNO2. The van der Waals surface area contributed by atoms with Crippen LogP contribution in [0.15, 0.2) is 24.3 Å². The normalized spacial score (nSPS) is 21.8. The zero-order chi connectivity index (χ0) is 13.1. The van der Waals surface area contributed by atoms with Crippen LogP contribution in [0.2, 0.25) is 0 Å². The van der Waals surface area contributed by atoms with Crippen molar-refractivity contribution in [3.63, 3.8) is 0 Å². The van der Waals surface area contributed by atoms with E-state index in [1.807, 2.05) is 24.0 Å². The van der Waals surface area contributed by atoms with Crippen LogP contribution in [0.25, 0.3) is 0 Å². The molecule has 4 heteroatoms. The van der Waals surface area contributed by atoms with E-state index in [0.29, 0.717) is 6.54 Å². The van der Waals surface area contributed by atoms with Gasteiger partial charge in [-0.3, -0.25) is 9.69 Å². The first-order valence-corrected chi connectivity index (χ1v) is 6.19. The molecular weight excluding hydrogens is 233 g/mol. The van der Waals surface area contributed by atoms with Gasteiger partial charge in [0.1, 0.15) is 11.9 Å². The van der Waals surface area contributed by atoms with E-state index in [0.717, 1.165) is 18.5 Å². The molecule has 2 atom stereocenters. The second-order valence-corrected chi connectivity index (χ2v) is 4.70. The minimum Gasteiger partial charge on any atom is -0.468 e. The summed E-state index contributed by atoms with van der Waals surface area (Å²) in [7, 11) is 1.39. The molecule has 1 saturated heterocycles. The first-order chi connectivity index (χ1) is 8.63. The van der Waals surface area contributed by atoms with Gasteiger partial charge in [-0.1, -0.05) is 18.2 Å². The maximum absolute atomic E-state index is 13.7. The Labute approximate surface area is 107 Å². The van der Waals surface area contributed by atoms with Crippen LogP contribution in [0.4, 0.5) is 4.39 Å². The third-order valence-corrected chi connectivity index (χ3v) is 3.65. The number of benzene rings is 1. The minimum atomic E-state index is -0.258. The summed E-state index contributed by atoms with van der Waals surface area (Å²) in [5.41, 5.74) is 0.747. The lowest BCUT2D eigenvalue weighted by atomic mass is 9.98. The van der Waals surface area contributed by atoms with E-state index in [-0.39, 0.29) is 23.7 Å². The molecule has 1 aromatic rings. The van der Waals surface area contributed by atoms with Gasteiger partial charge in [0.05, 0.1) is 7.11 Å². The van der Waals surface area contributed by atoms with Crippen LogP contribution in [0.3, 0.4) is 0 Å². The van der Waals surface area contributed by atoms with Crippen LogP contribution in [0.5, 0.6) is 0 Å². The largest absolute Gasteiger partial charge is 0.468 e. The number of methoxy groups -OCH3 is 1. The Hall–Kier alpha value is -1.42. The van der Waals surface area contributed by atoms with E-state index < -0.39 is 0 Å². The molecule has 0 spiro atoms. The standard InChI is InChI=1S/C14H18FNO2/c1-10(14(17)18-2)16-8-7-11(9-16)12-5-3-4-6-13(12)15/h3-6,10-11H,7-9H2,1-2H3. The third kappa shape index (κ3) is 2.53. The monoisotopic (exact) mass is 251 g/mol. The molecule has 3 nitrogen and oxygen atoms in total. The highest BCUT2D eigenvalue weighted by Gasteiger charge is 2.31. The Morgan fingerprint density at radius 3 is 2.89 bits per heavy atom. The van der Waals surface area contributed by atoms with Crippen molar-refractivity contribution >= 4 is 5.97 Å². The fourth-order valence-corrected chi connectivity index (χ4v) is 2.52. The van der Waals surface area contributed by atoms with Crippen LogP contribution in [0, 0.1) is 5.82 Å². The van der Waals surface area contributed by atoms with Gasteiger partial charge >= 0.3 is 5.97 Å². The van der Waals surface area contributed by atoms with Crippen molar-refractivity contribution < 1.29 is 13.9 Å². The smallest absolute Gasteiger partial charge is 0.322 e. The molecule has 1 heterocycles. The van der Waals surface area contributed by atoms with Gasteiger partial charge in [-0.15, -0.1) is 0 Å². The summed E-state index contributed by atoms with van der Waals surface area (Å²) >= 11 is 0. The van der Waals surface area contributed by atoms with Crippen LogP contribution < -0.4 is 0 Å². The number of ether oxygens (including phenoxy) is 1. The average molecular weight is 251 g/mol. The zero-order valence-corrected chi connectivity index (χ0v) is 10.7. The number of rotatable bonds is 3. The Bertz CT molecular complexity index is 436. The number of carbonyl (C=O) groups excluding carboxylic acids is 1. The van der Waals surface area contributed by atoms with E-state index in [2.05, 4.69) is 0 Å². The highest BCUT2D eigenvalue weighted by Crippen LogP contribution is 2.30.